The summed E-state index contributed by atoms with van der Waals surface area (Å²) in [4.78, 5) is 26.9. The lowest BCUT2D eigenvalue weighted by molar-refractivity contribution is -0.199. The van der Waals surface area contributed by atoms with Crippen LogP contribution in [0.3, 0.4) is 0 Å². The molecule has 8 nitrogen and oxygen atoms in total. The SMILES string of the molecule is CN1CC2CN(c3ccc(-c4ccc(NC(=O)COC(=O)C(F)(F)F)cc4)nn3)CC2C1. The lowest BCUT2D eigenvalue weighted by Gasteiger charge is -2.19. The topological polar surface area (TPSA) is 87.7 Å². The van der Waals surface area contributed by atoms with Gasteiger partial charge in [0.15, 0.2) is 12.4 Å². The van der Waals surface area contributed by atoms with E-state index in [0.29, 0.717) is 23.2 Å². The van der Waals surface area contributed by atoms with Crippen molar-refractivity contribution >= 4 is 23.4 Å². The van der Waals surface area contributed by atoms with Crippen LogP contribution in [-0.2, 0) is 14.3 Å². The zero-order chi connectivity index (χ0) is 22.9. The van der Waals surface area contributed by atoms with Gasteiger partial charge in [-0.25, -0.2) is 4.79 Å². The minimum Gasteiger partial charge on any atom is -0.449 e. The van der Waals surface area contributed by atoms with Crippen molar-refractivity contribution in [3.8, 4) is 11.3 Å². The quantitative estimate of drug-likeness (QED) is 0.700. The number of nitrogens with zero attached hydrogens (tertiary/aromatic N) is 4. The summed E-state index contributed by atoms with van der Waals surface area (Å²) in [5.41, 5.74) is 1.77. The van der Waals surface area contributed by atoms with Gasteiger partial charge in [0, 0.05) is 37.4 Å². The molecule has 0 bridgehead atoms. The van der Waals surface area contributed by atoms with Gasteiger partial charge in [-0.15, -0.1) is 10.2 Å². The second kappa shape index (κ2) is 8.73. The van der Waals surface area contributed by atoms with Gasteiger partial charge >= 0.3 is 12.1 Å². The van der Waals surface area contributed by atoms with E-state index in [1.165, 1.54) is 0 Å². The third-order valence-corrected chi connectivity index (χ3v) is 5.67. The molecule has 32 heavy (non-hydrogen) atoms. The summed E-state index contributed by atoms with van der Waals surface area (Å²) in [5, 5.41) is 11.0. The van der Waals surface area contributed by atoms with Crippen LogP contribution in [-0.4, -0.2) is 73.0 Å². The molecule has 2 aliphatic rings. The van der Waals surface area contributed by atoms with Gasteiger partial charge in [0.1, 0.15) is 0 Å². The number of rotatable bonds is 5. The molecule has 2 aromatic rings. The minimum atomic E-state index is -5.14. The lowest BCUT2D eigenvalue weighted by Crippen LogP contribution is -2.29. The Bertz CT molecular complexity index is 968. The molecule has 2 unspecified atom stereocenters. The molecule has 2 fully saturated rings. The van der Waals surface area contributed by atoms with Gasteiger partial charge in [0.05, 0.1) is 5.69 Å². The molecule has 0 radical (unpaired) electrons. The van der Waals surface area contributed by atoms with Crippen LogP contribution < -0.4 is 10.2 Å². The number of carbonyl (C=O) groups excluding carboxylic acids is 2. The van der Waals surface area contributed by atoms with Crippen LogP contribution in [0.1, 0.15) is 0 Å². The Hall–Kier alpha value is -3.21. The molecule has 3 heterocycles. The number of amides is 1. The predicted molar refractivity (Wildman–Crippen MR) is 110 cm³/mol. The van der Waals surface area contributed by atoms with Gasteiger partial charge in [0.2, 0.25) is 0 Å². The van der Waals surface area contributed by atoms with Crippen LogP contribution in [0, 0.1) is 11.8 Å². The van der Waals surface area contributed by atoms with E-state index in [1.54, 1.807) is 24.3 Å². The maximum absolute atomic E-state index is 12.1. The predicted octanol–water partition coefficient (Wildman–Crippen LogP) is 2.19. The molecule has 1 aromatic carbocycles. The minimum absolute atomic E-state index is 0.347. The van der Waals surface area contributed by atoms with Crippen LogP contribution in [0.15, 0.2) is 36.4 Å². The molecular formula is C21H22F3N5O3. The second-order valence-electron chi connectivity index (χ2n) is 8.12. The number of nitrogens with one attached hydrogen (secondary N) is 1. The fraction of sp³-hybridized carbons (Fsp3) is 0.429. The highest BCUT2D eigenvalue weighted by atomic mass is 19.4. The number of halogens is 3. The van der Waals surface area contributed by atoms with E-state index in [4.69, 9.17) is 0 Å². The van der Waals surface area contributed by atoms with E-state index in [1.807, 2.05) is 12.1 Å². The molecule has 2 saturated heterocycles. The van der Waals surface area contributed by atoms with Gasteiger partial charge in [-0.05, 0) is 43.1 Å². The summed E-state index contributed by atoms with van der Waals surface area (Å²) in [6.07, 6.45) is -5.14. The number of benzene rings is 1. The Morgan fingerprint density at radius 2 is 1.69 bits per heavy atom. The molecule has 170 valence electrons. The van der Waals surface area contributed by atoms with E-state index in [-0.39, 0.29) is 0 Å². The van der Waals surface area contributed by atoms with Gasteiger partial charge in [-0.1, -0.05) is 12.1 Å². The average molecular weight is 449 g/mol. The van der Waals surface area contributed by atoms with Crippen LogP contribution >= 0.6 is 0 Å². The summed E-state index contributed by atoms with van der Waals surface area (Å²) in [6, 6.07) is 10.4. The fourth-order valence-electron chi connectivity index (χ4n) is 4.20. The summed E-state index contributed by atoms with van der Waals surface area (Å²) in [6.45, 7) is 3.16. The van der Waals surface area contributed by atoms with E-state index < -0.39 is 24.7 Å². The molecule has 4 rings (SSSR count). The van der Waals surface area contributed by atoms with Crippen molar-refractivity contribution in [2.45, 2.75) is 6.18 Å². The summed E-state index contributed by atoms with van der Waals surface area (Å²) in [5.74, 6) is -1.10. The third kappa shape index (κ3) is 4.98. The molecule has 0 saturated carbocycles. The molecule has 11 heteroatoms. The average Bonchev–Trinajstić information content (AvgIpc) is 3.29. The van der Waals surface area contributed by atoms with Crippen LogP contribution in [0.4, 0.5) is 24.7 Å². The van der Waals surface area contributed by atoms with E-state index in [2.05, 4.69) is 37.1 Å². The Kier molecular flexibility index (Phi) is 6.00. The van der Waals surface area contributed by atoms with Crippen molar-refractivity contribution in [1.29, 1.82) is 0 Å². The maximum Gasteiger partial charge on any atom is 0.490 e. The van der Waals surface area contributed by atoms with Crippen molar-refractivity contribution < 1.29 is 27.5 Å². The van der Waals surface area contributed by atoms with Crippen LogP contribution in [0.2, 0.25) is 0 Å². The lowest BCUT2D eigenvalue weighted by atomic mass is 10.0. The highest BCUT2D eigenvalue weighted by Crippen LogP contribution is 2.32. The number of likely N-dealkylation sites (tertiary alicyclic amines) is 1. The number of esters is 1. The summed E-state index contributed by atoms with van der Waals surface area (Å²) < 4.78 is 40.2. The standard InChI is InChI=1S/C21H22F3N5O3/c1-28-8-14-10-29(11-15(14)9-28)18-7-6-17(26-27-18)13-2-4-16(5-3-13)25-19(30)12-32-20(31)21(22,23)24/h2-7,14-15H,8-12H2,1H3,(H,25,30). The Morgan fingerprint density at radius 1 is 1.03 bits per heavy atom. The van der Waals surface area contributed by atoms with Crippen molar-refractivity contribution in [2.24, 2.45) is 11.8 Å². The van der Waals surface area contributed by atoms with E-state index >= 15 is 0 Å². The van der Waals surface area contributed by atoms with Crippen molar-refractivity contribution in [3.63, 3.8) is 0 Å². The van der Waals surface area contributed by atoms with Crippen LogP contribution in [0.5, 0.6) is 0 Å². The summed E-state index contributed by atoms with van der Waals surface area (Å²) >= 11 is 0. The van der Waals surface area contributed by atoms with Gasteiger partial charge in [-0.2, -0.15) is 13.2 Å². The molecule has 0 aliphatic carbocycles. The fourth-order valence-corrected chi connectivity index (χ4v) is 4.20. The molecule has 0 spiro atoms. The van der Waals surface area contributed by atoms with Gasteiger partial charge < -0.3 is 19.9 Å². The monoisotopic (exact) mass is 449 g/mol. The Labute approximate surface area is 182 Å². The molecular weight excluding hydrogens is 427 g/mol. The molecule has 1 aromatic heterocycles. The largest absolute Gasteiger partial charge is 0.490 e. The van der Waals surface area contributed by atoms with E-state index in [0.717, 1.165) is 37.6 Å². The number of carbonyl (C=O) groups is 2. The van der Waals surface area contributed by atoms with Crippen molar-refractivity contribution in [1.82, 2.24) is 15.1 Å². The Morgan fingerprint density at radius 3 is 2.25 bits per heavy atom. The molecule has 1 amide bonds. The highest BCUT2D eigenvalue weighted by molar-refractivity contribution is 5.93. The van der Waals surface area contributed by atoms with Gasteiger partial charge in [0.25, 0.3) is 5.91 Å². The molecule has 2 aliphatic heterocycles. The number of hydrogen-bond acceptors (Lipinski definition) is 7. The zero-order valence-electron chi connectivity index (χ0n) is 17.3. The first kappa shape index (κ1) is 22.0. The number of ether oxygens (including phenoxy) is 1. The normalized spacial score (nSPS) is 20.8. The smallest absolute Gasteiger partial charge is 0.449 e. The van der Waals surface area contributed by atoms with Crippen molar-refractivity contribution in [2.75, 3.05) is 50.1 Å². The summed E-state index contributed by atoms with van der Waals surface area (Å²) in [7, 11) is 2.15. The number of aromatic nitrogens is 2. The highest BCUT2D eigenvalue weighted by Gasteiger charge is 2.41. The second-order valence-corrected chi connectivity index (χ2v) is 8.12. The maximum atomic E-state index is 12.1. The number of anilines is 2. The zero-order valence-corrected chi connectivity index (χ0v) is 17.3. The van der Waals surface area contributed by atoms with Gasteiger partial charge in [-0.3, -0.25) is 4.79 Å². The van der Waals surface area contributed by atoms with E-state index in [9.17, 15) is 22.8 Å². The Balaban J connectivity index is 1.31. The number of alkyl halides is 3. The molecule has 1 N–H and O–H groups in total. The first-order valence-corrected chi connectivity index (χ1v) is 10.1. The first-order valence-electron chi connectivity index (χ1n) is 10.1. The van der Waals surface area contributed by atoms with Crippen molar-refractivity contribution in [3.05, 3.63) is 36.4 Å². The number of hydrogen-bond donors (Lipinski definition) is 1. The van der Waals surface area contributed by atoms with Crippen LogP contribution in [0.25, 0.3) is 11.3 Å². The molecule has 2 atom stereocenters. The third-order valence-electron chi connectivity index (χ3n) is 5.67. The number of fused-ring (bicyclic) bond motifs is 1. The first-order chi connectivity index (χ1) is 15.2.